The van der Waals surface area contributed by atoms with Gasteiger partial charge in [-0.2, -0.15) is 8.78 Å². The van der Waals surface area contributed by atoms with Gasteiger partial charge in [-0.25, -0.2) is 0 Å². The molecule has 114 valence electrons. The van der Waals surface area contributed by atoms with Gasteiger partial charge in [-0.15, -0.1) is 0 Å². The van der Waals surface area contributed by atoms with Gasteiger partial charge in [-0.05, 0) is 12.3 Å². The highest BCUT2D eigenvalue weighted by Crippen LogP contribution is 2.33. The molecule has 1 fully saturated rings. The molecule has 0 aromatic heterocycles. The third-order valence-corrected chi connectivity index (χ3v) is 3.91. The first-order valence-electron chi connectivity index (χ1n) is 6.79. The van der Waals surface area contributed by atoms with E-state index in [0.717, 1.165) is 4.90 Å². The van der Waals surface area contributed by atoms with Crippen molar-refractivity contribution in [2.75, 3.05) is 13.1 Å². The Bertz CT molecular complexity index is 533. The molecular weight excluding hydrogens is 280 g/mol. The number of nitrogens with zero attached hydrogens (tertiary/aromatic N) is 1. The minimum atomic E-state index is -3.59. The van der Waals surface area contributed by atoms with Gasteiger partial charge in [0.05, 0.1) is 5.92 Å². The first-order valence-corrected chi connectivity index (χ1v) is 6.79. The van der Waals surface area contributed by atoms with Crippen LogP contribution in [0.3, 0.4) is 0 Å². The summed E-state index contributed by atoms with van der Waals surface area (Å²) in [5.74, 6) is -6.71. The molecule has 1 aliphatic rings. The molecule has 4 nitrogen and oxygen atoms in total. The molecule has 1 aromatic rings. The maximum Gasteiger partial charge on any atom is 0.349 e. The zero-order chi connectivity index (χ0) is 15.6. The largest absolute Gasteiger partial charge is 0.481 e. The number of rotatable bonds is 3. The number of carbonyl (C=O) groups excluding carboxylic acids is 1. The Kier molecular flexibility index (Phi) is 4.25. The Hall–Kier alpha value is -1.98. The zero-order valence-electron chi connectivity index (χ0n) is 11.6. The lowest BCUT2D eigenvalue weighted by molar-refractivity contribution is -0.164. The molecule has 2 unspecified atom stereocenters. The van der Waals surface area contributed by atoms with Crippen LogP contribution in [0, 0.1) is 11.8 Å². The lowest BCUT2D eigenvalue weighted by atomic mass is 9.86. The lowest BCUT2D eigenvalue weighted by Gasteiger charge is -2.36. The van der Waals surface area contributed by atoms with E-state index in [2.05, 4.69) is 0 Å². The SMILES string of the molecule is CC1CN(C(=O)C(F)(F)c2ccccc2)CCC1C(=O)O. The molecule has 0 bridgehead atoms. The number of hydrogen-bond acceptors (Lipinski definition) is 2. The quantitative estimate of drug-likeness (QED) is 0.931. The fourth-order valence-electron chi connectivity index (χ4n) is 2.67. The Balaban J connectivity index is 2.13. The highest BCUT2D eigenvalue weighted by atomic mass is 19.3. The Morgan fingerprint density at radius 2 is 1.90 bits per heavy atom. The molecule has 21 heavy (non-hydrogen) atoms. The molecule has 1 aromatic carbocycles. The number of halogens is 2. The number of carboxylic acids is 1. The molecule has 1 saturated heterocycles. The fraction of sp³-hybridized carbons (Fsp3) is 0.467. The third kappa shape index (κ3) is 3.04. The van der Waals surface area contributed by atoms with E-state index >= 15 is 0 Å². The fourth-order valence-corrected chi connectivity index (χ4v) is 2.67. The van der Waals surface area contributed by atoms with Crippen molar-refractivity contribution in [1.82, 2.24) is 4.90 Å². The minimum absolute atomic E-state index is 0.0399. The number of hydrogen-bond donors (Lipinski definition) is 1. The molecule has 2 rings (SSSR count). The molecule has 1 aliphatic heterocycles. The van der Waals surface area contributed by atoms with Crippen LogP contribution in [0.5, 0.6) is 0 Å². The summed E-state index contributed by atoms with van der Waals surface area (Å²) in [6.07, 6.45) is 0.201. The van der Waals surface area contributed by atoms with Crippen LogP contribution in [0.4, 0.5) is 8.78 Å². The van der Waals surface area contributed by atoms with Crippen molar-refractivity contribution >= 4 is 11.9 Å². The topological polar surface area (TPSA) is 57.6 Å². The molecule has 0 radical (unpaired) electrons. The van der Waals surface area contributed by atoms with Crippen LogP contribution in [-0.4, -0.2) is 35.0 Å². The predicted molar refractivity (Wildman–Crippen MR) is 71.8 cm³/mol. The van der Waals surface area contributed by atoms with Crippen LogP contribution in [0.1, 0.15) is 18.9 Å². The number of carbonyl (C=O) groups is 2. The van der Waals surface area contributed by atoms with Crippen molar-refractivity contribution in [3.63, 3.8) is 0 Å². The van der Waals surface area contributed by atoms with Gasteiger partial charge in [0, 0.05) is 18.7 Å². The zero-order valence-corrected chi connectivity index (χ0v) is 11.6. The second-order valence-corrected chi connectivity index (χ2v) is 5.40. The van der Waals surface area contributed by atoms with Gasteiger partial charge in [0.2, 0.25) is 0 Å². The number of aliphatic carboxylic acids is 1. The van der Waals surface area contributed by atoms with Crippen molar-refractivity contribution in [1.29, 1.82) is 0 Å². The minimum Gasteiger partial charge on any atom is -0.481 e. The van der Waals surface area contributed by atoms with E-state index in [-0.39, 0.29) is 31.0 Å². The van der Waals surface area contributed by atoms with E-state index in [1.807, 2.05) is 0 Å². The van der Waals surface area contributed by atoms with E-state index in [1.165, 1.54) is 24.3 Å². The van der Waals surface area contributed by atoms with Crippen LogP contribution in [0.2, 0.25) is 0 Å². The Morgan fingerprint density at radius 3 is 2.43 bits per heavy atom. The van der Waals surface area contributed by atoms with Crippen molar-refractivity contribution in [2.45, 2.75) is 19.3 Å². The molecule has 0 aliphatic carbocycles. The Labute approximate surface area is 121 Å². The number of piperidine rings is 1. The molecule has 0 spiro atoms. The van der Waals surface area contributed by atoms with Crippen LogP contribution < -0.4 is 0 Å². The second kappa shape index (κ2) is 5.79. The summed E-state index contributed by atoms with van der Waals surface area (Å²) in [5, 5.41) is 9.02. The van der Waals surface area contributed by atoms with E-state index in [1.54, 1.807) is 13.0 Å². The smallest absolute Gasteiger partial charge is 0.349 e. The number of amides is 1. The highest BCUT2D eigenvalue weighted by molar-refractivity contribution is 5.85. The standard InChI is InChI=1S/C15H17F2NO3/c1-10-9-18(8-7-12(10)13(19)20)14(21)15(16,17)11-5-3-2-4-6-11/h2-6,10,12H,7-9H2,1H3,(H,19,20). The maximum atomic E-state index is 14.2. The monoisotopic (exact) mass is 297 g/mol. The summed E-state index contributed by atoms with van der Waals surface area (Å²) in [4.78, 5) is 24.1. The van der Waals surface area contributed by atoms with E-state index in [4.69, 9.17) is 5.11 Å². The predicted octanol–water partition coefficient (Wildman–Crippen LogP) is 2.35. The van der Waals surface area contributed by atoms with Gasteiger partial charge in [0.25, 0.3) is 5.91 Å². The van der Waals surface area contributed by atoms with Gasteiger partial charge >= 0.3 is 11.9 Å². The lowest BCUT2D eigenvalue weighted by Crippen LogP contribution is -2.49. The van der Waals surface area contributed by atoms with E-state index in [0.29, 0.717) is 0 Å². The van der Waals surface area contributed by atoms with Crippen molar-refractivity contribution in [3.8, 4) is 0 Å². The average molecular weight is 297 g/mol. The molecular formula is C15H17F2NO3. The second-order valence-electron chi connectivity index (χ2n) is 5.40. The molecule has 2 atom stereocenters. The molecule has 0 saturated carbocycles. The molecule has 1 amide bonds. The summed E-state index contributed by atoms with van der Waals surface area (Å²) in [5.41, 5.74) is -0.344. The summed E-state index contributed by atoms with van der Waals surface area (Å²) >= 11 is 0. The Morgan fingerprint density at radius 1 is 1.29 bits per heavy atom. The molecule has 1 N–H and O–H groups in total. The van der Waals surface area contributed by atoms with Gasteiger partial charge in [-0.1, -0.05) is 37.3 Å². The maximum absolute atomic E-state index is 14.2. The van der Waals surface area contributed by atoms with Crippen LogP contribution in [-0.2, 0) is 15.5 Å². The number of benzene rings is 1. The van der Waals surface area contributed by atoms with Crippen molar-refractivity contribution in [3.05, 3.63) is 35.9 Å². The van der Waals surface area contributed by atoms with Crippen molar-refractivity contribution in [2.24, 2.45) is 11.8 Å². The van der Waals surface area contributed by atoms with Gasteiger partial charge in [-0.3, -0.25) is 9.59 Å². The number of alkyl halides is 2. The van der Waals surface area contributed by atoms with E-state index in [9.17, 15) is 18.4 Å². The van der Waals surface area contributed by atoms with Gasteiger partial charge in [0.1, 0.15) is 0 Å². The van der Waals surface area contributed by atoms with Crippen LogP contribution >= 0.6 is 0 Å². The number of carboxylic acid groups (broad SMARTS) is 1. The third-order valence-electron chi connectivity index (χ3n) is 3.91. The van der Waals surface area contributed by atoms with Crippen molar-refractivity contribution < 1.29 is 23.5 Å². The first-order chi connectivity index (χ1) is 9.84. The van der Waals surface area contributed by atoms with Crippen LogP contribution in [0.15, 0.2) is 30.3 Å². The van der Waals surface area contributed by atoms with E-state index < -0.39 is 23.7 Å². The summed E-state index contributed by atoms with van der Waals surface area (Å²) in [7, 11) is 0. The van der Waals surface area contributed by atoms with Crippen LogP contribution in [0.25, 0.3) is 0 Å². The summed E-state index contributed by atoms with van der Waals surface area (Å²) < 4.78 is 28.4. The molecule has 6 heteroatoms. The summed E-state index contributed by atoms with van der Waals surface area (Å²) in [6, 6.07) is 6.94. The summed E-state index contributed by atoms with van der Waals surface area (Å²) in [6.45, 7) is 1.75. The molecule has 1 heterocycles. The number of likely N-dealkylation sites (tertiary alicyclic amines) is 1. The van der Waals surface area contributed by atoms with Gasteiger partial charge in [0.15, 0.2) is 0 Å². The first kappa shape index (κ1) is 15.4. The highest BCUT2D eigenvalue weighted by Gasteiger charge is 2.46. The van der Waals surface area contributed by atoms with Gasteiger partial charge < -0.3 is 10.0 Å². The average Bonchev–Trinajstić information content (AvgIpc) is 2.46. The normalized spacial score (nSPS) is 22.9.